The molecule has 0 aliphatic rings. The molecule has 0 bridgehead atoms. The molecule has 1 nitrogen and oxygen atoms in total. The van der Waals surface area contributed by atoms with Crippen molar-refractivity contribution in [2.45, 2.75) is 19.4 Å². The summed E-state index contributed by atoms with van der Waals surface area (Å²) in [5, 5.41) is 0. The van der Waals surface area contributed by atoms with Crippen LogP contribution in [-0.2, 0) is 6.42 Å². The van der Waals surface area contributed by atoms with Crippen molar-refractivity contribution in [3.05, 3.63) is 29.8 Å². The van der Waals surface area contributed by atoms with Gasteiger partial charge in [-0.15, -0.1) is 0 Å². The van der Waals surface area contributed by atoms with E-state index in [2.05, 4.69) is 24.3 Å². The predicted molar refractivity (Wildman–Crippen MR) is 49.2 cm³/mol. The third-order valence-electron chi connectivity index (χ3n) is 1.51. The Morgan fingerprint density at radius 3 is 2.36 bits per heavy atom. The van der Waals surface area contributed by atoms with E-state index in [-0.39, 0.29) is 6.04 Å². The Labute approximate surface area is 83.7 Å². The van der Waals surface area contributed by atoms with Gasteiger partial charge in [-0.2, -0.15) is 0 Å². The molecule has 11 heavy (non-hydrogen) atoms. The maximum absolute atomic E-state index is 5.67. The molecule has 2 N–H and O–H groups in total. The van der Waals surface area contributed by atoms with Crippen LogP contribution in [0.25, 0.3) is 0 Å². The van der Waals surface area contributed by atoms with E-state index in [0.717, 1.165) is 32.2 Å². The zero-order valence-electron chi connectivity index (χ0n) is 6.67. The van der Waals surface area contributed by atoms with Crippen LogP contribution in [0, 0.1) is 0 Å². The number of benzene rings is 1. The fourth-order valence-electron chi connectivity index (χ4n) is 1.01. The molecule has 1 atom stereocenters. The molecule has 1 aromatic rings. The molecule has 1 unspecified atom stereocenters. The van der Waals surface area contributed by atoms with E-state index in [0.29, 0.717) is 0 Å². The van der Waals surface area contributed by atoms with Crippen LogP contribution in [0.15, 0.2) is 24.3 Å². The first-order valence-electron chi connectivity index (χ1n) is 3.74. The number of hydrogen-bond donors (Lipinski definition) is 1. The Morgan fingerprint density at radius 2 is 1.91 bits per heavy atom. The van der Waals surface area contributed by atoms with E-state index in [1.165, 1.54) is 8.69 Å². The molecule has 0 amide bonds. The van der Waals surface area contributed by atoms with Gasteiger partial charge in [-0.05, 0) is 0 Å². The van der Waals surface area contributed by atoms with Gasteiger partial charge in [-0.25, -0.2) is 0 Å². The molecule has 0 spiro atoms. The Balaban J connectivity index is 2.66. The second kappa shape index (κ2) is 4.21. The molecule has 2 heteroatoms. The molecule has 1 aromatic carbocycles. The van der Waals surface area contributed by atoms with Crippen molar-refractivity contribution in [2.75, 3.05) is 0 Å². The van der Waals surface area contributed by atoms with Crippen molar-refractivity contribution in [1.29, 1.82) is 0 Å². The SMILES string of the molecule is CC(N)Cc1cc[c]([Pb])cc1. The van der Waals surface area contributed by atoms with E-state index < -0.39 is 0 Å². The van der Waals surface area contributed by atoms with Crippen molar-refractivity contribution in [2.24, 2.45) is 5.73 Å². The Morgan fingerprint density at radius 1 is 1.36 bits per heavy atom. The van der Waals surface area contributed by atoms with E-state index >= 15 is 0 Å². The summed E-state index contributed by atoms with van der Waals surface area (Å²) in [7, 11) is 0. The molecule has 0 aliphatic heterocycles. The maximum atomic E-state index is 5.67. The van der Waals surface area contributed by atoms with Crippen molar-refractivity contribution < 1.29 is 0 Å². The van der Waals surface area contributed by atoms with Gasteiger partial charge in [0, 0.05) is 0 Å². The molecule has 0 saturated carbocycles. The minimum absolute atomic E-state index is 0.273. The molecule has 0 aromatic heterocycles. The summed E-state index contributed by atoms with van der Waals surface area (Å²) in [5.74, 6) is 0. The monoisotopic (exact) mass is 342 g/mol. The summed E-state index contributed by atoms with van der Waals surface area (Å²) in [6, 6.07) is 8.99. The van der Waals surface area contributed by atoms with Gasteiger partial charge in [0.25, 0.3) is 0 Å². The van der Waals surface area contributed by atoms with E-state index in [4.69, 9.17) is 5.73 Å². The van der Waals surface area contributed by atoms with Crippen LogP contribution in [0.5, 0.6) is 0 Å². The van der Waals surface area contributed by atoms with Crippen molar-refractivity contribution >= 4 is 28.9 Å². The van der Waals surface area contributed by atoms with Gasteiger partial charge in [0.05, 0.1) is 0 Å². The third kappa shape index (κ3) is 3.33. The molecule has 0 fully saturated rings. The molecule has 0 aliphatic carbocycles. The van der Waals surface area contributed by atoms with Gasteiger partial charge in [0.15, 0.2) is 0 Å². The fourth-order valence-corrected chi connectivity index (χ4v) is 1.66. The molecular formula is C9H12NPb. The van der Waals surface area contributed by atoms with E-state index in [1.54, 1.807) is 0 Å². The topological polar surface area (TPSA) is 26.0 Å². The first-order valence-corrected chi connectivity index (χ1v) is 5.69. The zero-order chi connectivity index (χ0) is 8.27. The molecule has 3 radical (unpaired) electrons. The minimum atomic E-state index is 0.273. The Kier molecular flexibility index (Phi) is 3.52. The second-order valence-corrected chi connectivity index (χ2v) is 5.12. The first kappa shape index (κ1) is 9.19. The van der Waals surface area contributed by atoms with E-state index in [1.807, 2.05) is 6.92 Å². The first-order chi connectivity index (χ1) is 5.18. The molecule has 57 valence electrons. The standard InChI is InChI=1S/C9H12N.Pb/c1-8(10)7-9-5-3-2-4-6-9;/h3-6,8H,7,10H2,1H3;. The summed E-state index contributed by atoms with van der Waals surface area (Å²) in [6.07, 6.45) is 0.988. The van der Waals surface area contributed by atoms with E-state index in [9.17, 15) is 0 Å². The third-order valence-corrected chi connectivity index (χ3v) is 2.81. The van der Waals surface area contributed by atoms with Gasteiger partial charge in [0.2, 0.25) is 0 Å². The zero-order valence-corrected chi connectivity index (χ0v) is 10.6. The predicted octanol–water partition coefficient (Wildman–Crippen LogP) is 0.370. The van der Waals surface area contributed by atoms with Crippen molar-refractivity contribution in [3.8, 4) is 0 Å². The number of nitrogens with two attached hydrogens (primary N) is 1. The number of rotatable bonds is 2. The molecule has 0 heterocycles. The van der Waals surface area contributed by atoms with Gasteiger partial charge in [-0.3, -0.25) is 0 Å². The molecule has 1 rings (SSSR count). The summed E-state index contributed by atoms with van der Waals surface area (Å²) in [4.78, 5) is 0. The summed E-state index contributed by atoms with van der Waals surface area (Å²) in [6.45, 7) is 2.04. The summed E-state index contributed by atoms with van der Waals surface area (Å²) >= 11 is 1.14. The summed E-state index contributed by atoms with van der Waals surface area (Å²) in [5.41, 5.74) is 7.02. The van der Waals surface area contributed by atoms with Crippen LogP contribution in [0.2, 0.25) is 0 Å². The van der Waals surface area contributed by atoms with Gasteiger partial charge >= 0.3 is 83.8 Å². The van der Waals surface area contributed by atoms with Crippen LogP contribution in [0.3, 0.4) is 0 Å². The Bertz CT molecular complexity index is 216. The van der Waals surface area contributed by atoms with Crippen molar-refractivity contribution in [1.82, 2.24) is 0 Å². The van der Waals surface area contributed by atoms with Crippen LogP contribution in [0.1, 0.15) is 12.5 Å². The Hall–Kier alpha value is 0.102. The van der Waals surface area contributed by atoms with Gasteiger partial charge in [-0.1, -0.05) is 0 Å². The second-order valence-electron chi connectivity index (χ2n) is 2.88. The quantitative estimate of drug-likeness (QED) is 0.773. The average Bonchev–Trinajstić information content (AvgIpc) is 1.93. The van der Waals surface area contributed by atoms with Crippen LogP contribution < -0.4 is 8.86 Å². The van der Waals surface area contributed by atoms with Crippen LogP contribution in [-0.4, -0.2) is 31.8 Å². The van der Waals surface area contributed by atoms with Gasteiger partial charge < -0.3 is 0 Å². The van der Waals surface area contributed by atoms with Gasteiger partial charge in [0.1, 0.15) is 0 Å². The normalized spacial score (nSPS) is 13.0. The van der Waals surface area contributed by atoms with Crippen molar-refractivity contribution in [3.63, 3.8) is 0 Å². The van der Waals surface area contributed by atoms with Crippen LogP contribution in [0.4, 0.5) is 0 Å². The fraction of sp³-hybridized carbons (Fsp3) is 0.333. The average molecular weight is 341 g/mol. The van der Waals surface area contributed by atoms with Crippen LogP contribution >= 0.6 is 0 Å². The summed E-state index contributed by atoms with van der Waals surface area (Å²) < 4.78 is 1.44. The molecule has 0 saturated heterocycles. The number of hydrogen-bond acceptors (Lipinski definition) is 1. The molecular weight excluding hydrogens is 329 g/mol.